The van der Waals surface area contributed by atoms with Crippen LogP contribution in [0.5, 0.6) is 0 Å². The maximum absolute atomic E-state index is 12.4. The fourth-order valence-corrected chi connectivity index (χ4v) is 3.27. The maximum atomic E-state index is 12.4. The largest absolute Gasteiger partial charge is 0.464 e. The van der Waals surface area contributed by atoms with E-state index in [9.17, 15) is 9.90 Å². The molecular weight excluding hydrogens is 332 g/mol. The third-order valence-corrected chi connectivity index (χ3v) is 4.72. The number of furan rings is 1. The van der Waals surface area contributed by atoms with Gasteiger partial charge in [0.1, 0.15) is 11.5 Å². The van der Waals surface area contributed by atoms with Gasteiger partial charge in [-0.15, -0.1) is 0 Å². The Labute approximate surface area is 150 Å². The maximum Gasteiger partial charge on any atom is 0.273 e. The summed E-state index contributed by atoms with van der Waals surface area (Å²) in [6.07, 6.45) is 4.58. The predicted octanol–water partition coefficient (Wildman–Crippen LogP) is 3.28. The van der Waals surface area contributed by atoms with Gasteiger partial charge in [0.05, 0.1) is 12.4 Å². The van der Waals surface area contributed by atoms with Gasteiger partial charge in [0.25, 0.3) is 5.91 Å². The van der Waals surface area contributed by atoms with Crippen LogP contribution in [0.25, 0.3) is 11.3 Å². The highest BCUT2D eigenvalue weighted by Crippen LogP contribution is 2.25. The number of aliphatic hydroxyl groups excluding tert-OH is 1. The number of fused-ring (bicyclic) bond motifs is 1. The Hall–Kier alpha value is -2.86. The van der Waals surface area contributed by atoms with E-state index in [-0.39, 0.29) is 12.5 Å². The molecule has 134 valence electrons. The molecule has 0 aliphatic heterocycles. The van der Waals surface area contributed by atoms with Crippen molar-refractivity contribution < 1.29 is 18.8 Å². The smallest absolute Gasteiger partial charge is 0.273 e. The lowest BCUT2D eigenvalue weighted by Crippen LogP contribution is -2.29. The van der Waals surface area contributed by atoms with Gasteiger partial charge in [-0.25, -0.2) is 0 Å². The zero-order chi connectivity index (χ0) is 17.9. The van der Waals surface area contributed by atoms with Crippen molar-refractivity contribution in [1.82, 2.24) is 10.5 Å². The molecular formula is C20H20N2O4. The monoisotopic (exact) mass is 352 g/mol. The first-order valence-corrected chi connectivity index (χ1v) is 8.80. The minimum atomic E-state index is -0.799. The molecule has 1 unspecified atom stereocenters. The fraction of sp³-hybridized carbons (Fsp3) is 0.300. The van der Waals surface area contributed by atoms with E-state index >= 15 is 0 Å². The Morgan fingerprint density at radius 1 is 1.19 bits per heavy atom. The quantitative estimate of drug-likeness (QED) is 0.736. The summed E-state index contributed by atoms with van der Waals surface area (Å²) in [6, 6.07) is 11.1. The molecule has 2 N–H and O–H groups in total. The van der Waals surface area contributed by atoms with Gasteiger partial charge in [-0.1, -0.05) is 29.4 Å². The molecule has 26 heavy (non-hydrogen) atoms. The van der Waals surface area contributed by atoms with E-state index in [1.807, 2.05) is 36.4 Å². The number of aromatic nitrogens is 1. The Bertz CT molecular complexity index is 881. The van der Waals surface area contributed by atoms with Crippen LogP contribution >= 0.6 is 0 Å². The Balaban J connectivity index is 1.38. The summed E-state index contributed by atoms with van der Waals surface area (Å²) < 4.78 is 10.6. The molecule has 1 aliphatic rings. The molecule has 2 aromatic heterocycles. The van der Waals surface area contributed by atoms with E-state index in [4.69, 9.17) is 8.94 Å². The first-order chi connectivity index (χ1) is 12.7. The predicted molar refractivity (Wildman–Crippen MR) is 94.6 cm³/mol. The van der Waals surface area contributed by atoms with Gasteiger partial charge in [-0.05, 0) is 37.0 Å². The lowest BCUT2D eigenvalue weighted by molar-refractivity contribution is 0.0906. The van der Waals surface area contributed by atoms with Gasteiger partial charge >= 0.3 is 0 Å². The number of aliphatic hydroxyl groups is 1. The summed E-state index contributed by atoms with van der Waals surface area (Å²) in [4.78, 5) is 12.4. The molecule has 1 amide bonds. The van der Waals surface area contributed by atoms with E-state index in [0.29, 0.717) is 5.69 Å². The van der Waals surface area contributed by atoms with Crippen LogP contribution in [0, 0.1) is 0 Å². The highest BCUT2D eigenvalue weighted by molar-refractivity contribution is 5.93. The lowest BCUT2D eigenvalue weighted by Gasteiger charge is -2.13. The number of hydrogen-bond acceptors (Lipinski definition) is 5. The summed E-state index contributed by atoms with van der Waals surface area (Å²) in [6.45, 7) is 0.112. The van der Waals surface area contributed by atoms with Crippen LogP contribution in [-0.4, -0.2) is 22.7 Å². The highest BCUT2D eigenvalue weighted by Gasteiger charge is 2.24. The van der Waals surface area contributed by atoms with Crippen LogP contribution in [0.1, 0.15) is 46.3 Å². The third kappa shape index (κ3) is 3.28. The van der Waals surface area contributed by atoms with Crippen molar-refractivity contribution in [2.24, 2.45) is 0 Å². The minimum absolute atomic E-state index is 0.112. The molecule has 4 rings (SSSR count). The van der Waals surface area contributed by atoms with Gasteiger partial charge in [0.15, 0.2) is 5.69 Å². The van der Waals surface area contributed by atoms with Crippen molar-refractivity contribution in [3.63, 3.8) is 0 Å². The molecule has 1 atom stereocenters. The number of rotatable bonds is 5. The van der Waals surface area contributed by atoms with Crippen molar-refractivity contribution in [2.45, 2.75) is 31.8 Å². The van der Waals surface area contributed by atoms with Crippen LogP contribution in [0.4, 0.5) is 0 Å². The zero-order valence-corrected chi connectivity index (χ0v) is 14.3. The summed E-state index contributed by atoms with van der Waals surface area (Å²) >= 11 is 0. The summed E-state index contributed by atoms with van der Waals surface area (Å²) in [7, 11) is 0. The molecule has 0 bridgehead atoms. The van der Waals surface area contributed by atoms with Crippen LogP contribution in [0.15, 0.2) is 51.6 Å². The second-order valence-electron chi connectivity index (χ2n) is 6.47. The third-order valence-electron chi connectivity index (χ3n) is 4.72. The molecule has 2 heterocycles. The van der Waals surface area contributed by atoms with Crippen molar-refractivity contribution in [1.29, 1.82) is 0 Å². The normalized spacial score (nSPS) is 14.7. The van der Waals surface area contributed by atoms with Crippen LogP contribution in [0.2, 0.25) is 0 Å². The molecule has 3 aromatic rings. The lowest BCUT2D eigenvalue weighted by atomic mass is 9.96. The van der Waals surface area contributed by atoms with E-state index in [0.717, 1.165) is 53.9 Å². The molecule has 6 nitrogen and oxygen atoms in total. The number of benzene rings is 1. The number of carbonyl (C=O) groups is 1. The molecule has 0 saturated heterocycles. The topological polar surface area (TPSA) is 88.5 Å². The van der Waals surface area contributed by atoms with Crippen LogP contribution in [-0.2, 0) is 12.8 Å². The minimum Gasteiger partial charge on any atom is -0.464 e. The van der Waals surface area contributed by atoms with E-state index in [1.165, 1.54) is 0 Å². The second-order valence-corrected chi connectivity index (χ2v) is 6.47. The second kappa shape index (κ2) is 7.17. The van der Waals surface area contributed by atoms with E-state index < -0.39 is 6.10 Å². The van der Waals surface area contributed by atoms with Crippen molar-refractivity contribution in [2.75, 3.05) is 6.54 Å². The first-order valence-electron chi connectivity index (χ1n) is 8.80. The first kappa shape index (κ1) is 16.6. The number of hydrogen-bond donors (Lipinski definition) is 2. The number of nitrogens with zero attached hydrogens (tertiary/aromatic N) is 1. The molecule has 1 aliphatic carbocycles. The van der Waals surface area contributed by atoms with Crippen LogP contribution in [0.3, 0.4) is 0 Å². The Morgan fingerprint density at radius 2 is 2.00 bits per heavy atom. The summed E-state index contributed by atoms with van der Waals surface area (Å²) in [5.74, 6) is 1.29. The SMILES string of the molecule is O=C(NCC(O)c1ccc(-c2ccco2)cc1)c1noc2c1CCCC2. The summed E-state index contributed by atoms with van der Waals surface area (Å²) in [5.41, 5.74) is 2.91. The molecule has 6 heteroatoms. The van der Waals surface area contributed by atoms with Crippen molar-refractivity contribution in [3.05, 3.63) is 65.2 Å². The van der Waals surface area contributed by atoms with Crippen LogP contribution < -0.4 is 5.32 Å². The fourth-order valence-electron chi connectivity index (χ4n) is 3.27. The number of nitrogens with one attached hydrogen (secondary N) is 1. The average Bonchev–Trinajstić information content (AvgIpc) is 3.36. The van der Waals surface area contributed by atoms with Gasteiger partial charge in [-0.2, -0.15) is 0 Å². The molecule has 1 aromatic carbocycles. The Kier molecular flexibility index (Phi) is 4.58. The molecule has 0 spiro atoms. The van der Waals surface area contributed by atoms with Crippen molar-refractivity contribution in [3.8, 4) is 11.3 Å². The van der Waals surface area contributed by atoms with Gasteiger partial charge < -0.3 is 19.4 Å². The molecule has 0 saturated carbocycles. The molecule has 0 fully saturated rings. The van der Waals surface area contributed by atoms with Crippen molar-refractivity contribution >= 4 is 5.91 Å². The summed E-state index contributed by atoms with van der Waals surface area (Å²) in [5, 5.41) is 17.0. The number of amides is 1. The van der Waals surface area contributed by atoms with E-state index in [2.05, 4.69) is 10.5 Å². The Morgan fingerprint density at radius 3 is 2.77 bits per heavy atom. The number of carbonyl (C=O) groups excluding carboxylic acids is 1. The standard InChI is InChI=1S/C20H20N2O4/c23-16(13-7-9-14(10-8-13)17-6-3-11-25-17)12-21-20(24)19-15-4-1-2-5-18(15)26-22-19/h3,6-11,16,23H,1-2,4-5,12H2,(H,21,24). The van der Waals surface area contributed by atoms with Gasteiger partial charge in [-0.3, -0.25) is 4.79 Å². The van der Waals surface area contributed by atoms with E-state index in [1.54, 1.807) is 6.26 Å². The van der Waals surface area contributed by atoms with Gasteiger partial charge in [0, 0.05) is 24.1 Å². The average molecular weight is 352 g/mol. The highest BCUT2D eigenvalue weighted by atomic mass is 16.5. The number of aryl methyl sites for hydroxylation is 1. The van der Waals surface area contributed by atoms with Gasteiger partial charge in [0.2, 0.25) is 0 Å². The zero-order valence-electron chi connectivity index (χ0n) is 14.3. The molecule has 0 radical (unpaired) electrons.